The molecule has 18 heavy (non-hydrogen) atoms. The summed E-state index contributed by atoms with van der Waals surface area (Å²) >= 11 is 0. The lowest BCUT2D eigenvalue weighted by Gasteiger charge is -2.25. The van der Waals surface area contributed by atoms with E-state index < -0.39 is 0 Å². The second kappa shape index (κ2) is 6.83. The van der Waals surface area contributed by atoms with Crippen LogP contribution in [0.15, 0.2) is 18.2 Å². The Kier molecular flexibility index (Phi) is 5.11. The normalized spacial score (nSPS) is 15.9. The lowest BCUT2D eigenvalue weighted by molar-refractivity contribution is -0.135. The molecule has 0 radical (unpaired) electrons. The third-order valence-electron chi connectivity index (χ3n) is 2.80. The van der Waals surface area contributed by atoms with E-state index in [0.29, 0.717) is 12.5 Å². The average Bonchev–Trinajstić information content (AvgIpc) is 2.27. The van der Waals surface area contributed by atoms with Crippen molar-refractivity contribution in [2.75, 3.05) is 19.8 Å². The zero-order valence-corrected chi connectivity index (χ0v) is 11.2. The molecule has 1 aliphatic heterocycles. The zero-order valence-electron chi connectivity index (χ0n) is 11.2. The van der Waals surface area contributed by atoms with Gasteiger partial charge in [-0.05, 0) is 24.6 Å². The van der Waals surface area contributed by atoms with Gasteiger partial charge >= 0.3 is 0 Å². The van der Waals surface area contributed by atoms with E-state index in [1.807, 2.05) is 18.2 Å². The molecule has 1 aromatic heterocycles. The minimum Gasteiger partial charge on any atom is -0.376 e. The van der Waals surface area contributed by atoms with Gasteiger partial charge in [0.05, 0.1) is 31.2 Å². The Labute approximate surface area is 109 Å². The molecule has 1 aliphatic rings. The monoisotopic (exact) mass is 250 g/mol. The number of rotatable bonds is 7. The summed E-state index contributed by atoms with van der Waals surface area (Å²) in [7, 11) is 0. The van der Waals surface area contributed by atoms with Crippen LogP contribution in [0, 0.1) is 5.92 Å². The van der Waals surface area contributed by atoms with Crippen LogP contribution in [0.25, 0.3) is 0 Å². The maximum Gasteiger partial charge on any atom is 0.105 e. The summed E-state index contributed by atoms with van der Waals surface area (Å²) in [6, 6.07) is 6.09. The minimum atomic E-state index is 0.259. The third kappa shape index (κ3) is 4.37. The quantitative estimate of drug-likeness (QED) is 0.800. The lowest BCUT2D eigenvalue weighted by atomic mass is 10.2. The van der Waals surface area contributed by atoms with Gasteiger partial charge in [-0.25, -0.2) is 0 Å². The second-order valence-corrected chi connectivity index (χ2v) is 5.12. The molecule has 0 bridgehead atoms. The fourth-order valence-corrected chi connectivity index (χ4v) is 1.71. The predicted octanol–water partition coefficient (Wildman–Crippen LogP) is 1.74. The van der Waals surface area contributed by atoms with Crippen LogP contribution in [0.4, 0.5) is 0 Å². The Morgan fingerprint density at radius 1 is 1.39 bits per heavy atom. The van der Waals surface area contributed by atoms with Gasteiger partial charge in [-0.3, -0.25) is 4.98 Å². The highest BCUT2D eigenvalue weighted by molar-refractivity contribution is 5.10. The fourth-order valence-electron chi connectivity index (χ4n) is 1.71. The number of nitrogens with zero attached hydrogens (tertiary/aromatic N) is 1. The summed E-state index contributed by atoms with van der Waals surface area (Å²) in [6.45, 7) is 8.24. The second-order valence-electron chi connectivity index (χ2n) is 5.12. The molecule has 2 heterocycles. The van der Waals surface area contributed by atoms with Gasteiger partial charge in [0.2, 0.25) is 0 Å². The first-order chi connectivity index (χ1) is 8.74. The van der Waals surface area contributed by atoms with Crippen molar-refractivity contribution in [3.8, 4) is 0 Å². The van der Waals surface area contributed by atoms with E-state index in [0.717, 1.165) is 37.7 Å². The average molecular weight is 250 g/mol. The number of hydrogen-bond acceptors (Lipinski definition) is 4. The maximum atomic E-state index is 5.65. The Bertz CT molecular complexity index is 365. The summed E-state index contributed by atoms with van der Waals surface area (Å²) in [5.74, 6) is 0.662. The van der Waals surface area contributed by atoms with Crippen LogP contribution in [0.2, 0.25) is 0 Å². The maximum absolute atomic E-state index is 5.65. The molecule has 4 heteroatoms. The smallest absolute Gasteiger partial charge is 0.105 e. The standard InChI is InChI=1S/C14H22N2O2/c1-11(2)6-15-7-12-4-3-5-13(16-12)8-18-14-9-17-10-14/h3-5,11,14-15H,6-10H2,1-2H3. The number of hydrogen-bond donors (Lipinski definition) is 1. The summed E-state index contributed by atoms with van der Waals surface area (Å²) in [4.78, 5) is 4.57. The molecule has 0 atom stereocenters. The molecule has 1 fully saturated rings. The zero-order chi connectivity index (χ0) is 12.8. The van der Waals surface area contributed by atoms with E-state index in [1.54, 1.807) is 0 Å². The Morgan fingerprint density at radius 3 is 2.83 bits per heavy atom. The van der Waals surface area contributed by atoms with E-state index in [1.165, 1.54) is 0 Å². The van der Waals surface area contributed by atoms with Gasteiger partial charge in [0, 0.05) is 6.54 Å². The van der Waals surface area contributed by atoms with Crippen LogP contribution in [-0.2, 0) is 22.6 Å². The number of ether oxygens (including phenoxy) is 2. The topological polar surface area (TPSA) is 43.4 Å². The van der Waals surface area contributed by atoms with Crippen molar-refractivity contribution in [1.29, 1.82) is 0 Å². The first-order valence-corrected chi connectivity index (χ1v) is 6.59. The van der Waals surface area contributed by atoms with Crippen LogP contribution >= 0.6 is 0 Å². The molecule has 0 aromatic carbocycles. The van der Waals surface area contributed by atoms with Crippen LogP contribution in [0.3, 0.4) is 0 Å². The van der Waals surface area contributed by atoms with E-state index in [9.17, 15) is 0 Å². The summed E-state index contributed by atoms with van der Waals surface area (Å²) < 4.78 is 10.7. The highest BCUT2D eigenvalue weighted by Gasteiger charge is 2.18. The lowest BCUT2D eigenvalue weighted by Crippen LogP contribution is -2.35. The van der Waals surface area contributed by atoms with Gasteiger partial charge in [0.1, 0.15) is 6.10 Å². The van der Waals surface area contributed by atoms with Crippen LogP contribution < -0.4 is 5.32 Å². The van der Waals surface area contributed by atoms with Crippen molar-refractivity contribution >= 4 is 0 Å². The predicted molar refractivity (Wildman–Crippen MR) is 70.2 cm³/mol. The van der Waals surface area contributed by atoms with Crippen LogP contribution in [0.5, 0.6) is 0 Å². The van der Waals surface area contributed by atoms with Gasteiger partial charge in [0.25, 0.3) is 0 Å². The van der Waals surface area contributed by atoms with Gasteiger partial charge in [-0.1, -0.05) is 19.9 Å². The molecule has 0 aliphatic carbocycles. The van der Waals surface area contributed by atoms with Crippen molar-refractivity contribution in [2.24, 2.45) is 5.92 Å². The van der Waals surface area contributed by atoms with Gasteiger partial charge in [-0.15, -0.1) is 0 Å². The van der Waals surface area contributed by atoms with E-state index in [-0.39, 0.29) is 6.10 Å². The van der Waals surface area contributed by atoms with Crippen LogP contribution in [-0.4, -0.2) is 30.8 Å². The molecule has 1 aromatic rings. The largest absolute Gasteiger partial charge is 0.376 e. The molecule has 4 nitrogen and oxygen atoms in total. The Hall–Kier alpha value is -0.970. The molecular weight excluding hydrogens is 228 g/mol. The SMILES string of the molecule is CC(C)CNCc1cccc(COC2COC2)n1. The van der Waals surface area contributed by atoms with Crippen molar-refractivity contribution in [2.45, 2.75) is 33.1 Å². The van der Waals surface area contributed by atoms with Crippen LogP contribution in [0.1, 0.15) is 25.2 Å². The fraction of sp³-hybridized carbons (Fsp3) is 0.643. The molecule has 0 saturated carbocycles. The Morgan fingerprint density at radius 2 is 2.17 bits per heavy atom. The number of aromatic nitrogens is 1. The first-order valence-electron chi connectivity index (χ1n) is 6.59. The molecule has 1 N–H and O–H groups in total. The number of pyridine rings is 1. The minimum absolute atomic E-state index is 0.259. The molecule has 0 spiro atoms. The van der Waals surface area contributed by atoms with Crippen molar-refractivity contribution in [3.63, 3.8) is 0 Å². The molecule has 2 rings (SSSR count). The molecule has 0 unspecified atom stereocenters. The first kappa shape index (κ1) is 13.5. The summed E-state index contributed by atoms with van der Waals surface area (Å²) in [5.41, 5.74) is 2.06. The van der Waals surface area contributed by atoms with Crippen molar-refractivity contribution in [1.82, 2.24) is 10.3 Å². The van der Waals surface area contributed by atoms with Gasteiger partial charge < -0.3 is 14.8 Å². The molecular formula is C14H22N2O2. The highest BCUT2D eigenvalue weighted by Crippen LogP contribution is 2.09. The Balaban J connectivity index is 1.76. The van der Waals surface area contributed by atoms with E-state index in [2.05, 4.69) is 24.1 Å². The molecule has 1 saturated heterocycles. The van der Waals surface area contributed by atoms with E-state index >= 15 is 0 Å². The van der Waals surface area contributed by atoms with Gasteiger partial charge in [0.15, 0.2) is 0 Å². The third-order valence-corrected chi connectivity index (χ3v) is 2.80. The summed E-state index contributed by atoms with van der Waals surface area (Å²) in [6.07, 6.45) is 0.259. The summed E-state index contributed by atoms with van der Waals surface area (Å²) in [5, 5.41) is 3.39. The molecule has 0 amide bonds. The van der Waals surface area contributed by atoms with E-state index in [4.69, 9.17) is 9.47 Å². The molecule has 100 valence electrons. The number of nitrogens with one attached hydrogen (secondary N) is 1. The van der Waals surface area contributed by atoms with Crippen molar-refractivity contribution in [3.05, 3.63) is 29.6 Å². The van der Waals surface area contributed by atoms with Gasteiger partial charge in [-0.2, -0.15) is 0 Å². The van der Waals surface area contributed by atoms with Crippen molar-refractivity contribution < 1.29 is 9.47 Å². The highest BCUT2D eigenvalue weighted by atomic mass is 16.6.